The lowest BCUT2D eigenvalue weighted by Gasteiger charge is -2.14. The summed E-state index contributed by atoms with van der Waals surface area (Å²) in [7, 11) is 3.23. The molecule has 0 heterocycles. The van der Waals surface area contributed by atoms with Crippen molar-refractivity contribution in [3.63, 3.8) is 0 Å². The van der Waals surface area contributed by atoms with E-state index in [9.17, 15) is 4.39 Å². The first kappa shape index (κ1) is 16.3. The molecular formula is C16H15Br2FO2. The first-order valence-corrected chi connectivity index (χ1v) is 8.06. The van der Waals surface area contributed by atoms with Gasteiger partial charge in [-0.05, 0) is 41.8 Å². The fraction of sp³-hybridized carbons (Fsp3) is 0.250. The Morgan fingerprint density at radius 1 is 1.05 bits per heavy atom. The quantitative estimate of drug-likeness (QED) is 0.615. The van der Waals surface area contributed by atoms with Crippen molar-refractivity contribution in [1.29, 1.82) is 0 Å². The van der Waals surface area contributed by atoms with Crippen LogP contribution in [-0.4, -0.2) is 14.2 Å². The van der Waals surface area contributed by atoms with Crippen LogP contribution in [-0.2, 0) is 6.42 Å². The van der Waals surface area contributed by atoms with Gasteiger partial charge in [-0.1, -0.05) is 44.0 Å². The molecule has 5 heteroatoms. The average Bonchev–Trinajstić information content (AvgIpc) is 2.46. The maximum Gasteiger partial charge on any atom is 0.160 e. The number of alkyl halides is 1. The third-order valence-electron chi connectivity index (χ3n) is 3.16. The Kier molecular flexibility index (Phi) is 5.65. The van der Waals surface area contributed by atoms with Crippen LogP contribution in [0.4, 0.5) is 4.39 Å². The maximum atomic E-state index is 13.1. The van der Waals surface area contributed by atoms with Gasteiger partial charge >= 0.3 is 0 Å². The Labute approximate surface area is 140 Å². The summed E-state index contributed by atoms with van der Waals surface area (Å²) in [5.74, 6) is 1.15. The molecule has 0 aliphatic heterocycles. The molecular weight excluding hydrogens is 403 g/mol. The molecule has 21 heavy (non-hydrogen) atoms. The van der Waals surface area contributed by atoms with E-state index in [1.165, 1.54) is 12.1 Å². The van der Waals surface area contributed by atoms with E-state index in [1.54, 1.807) is 20.3 Å². The summed E-state index contributed by atoms with van der Waals surface area (Å²) in [6, 6.07) is 10.5. The molecule has 2 rings (SSSR count). The normalized spacial score (nSPS) is 12.0. The van der Waals surface area contributed by atoms with Gasteiger partial charge < -0.3 is 9.47 Å². The Morgan fingerprint density at radius 2 is 1.76 bits per heavy atom. The van der Waals surface area contributed by atoms with E-state index in [4.69, 9.17) is 9.47 Å². The fourth-order valence-corrected chi connectivity index (χ4v) is 3.79. The molecule has 0 aliphatic rings. The van der Waals surface area contributed by atoms with Crippen molar-refractivity contribution in [3.05, 3.63) is 57.8 Å². The lowest BCUT2D eigenvalue weighted by molar-refractivity contribution is 0.354. The summed E-state index contributed by atoms with van der Waals surface area (Å²) < 4.78 is 24.4. The van der Waals surface area contributed by atoms with Crippen LogP contribution in [0.1, 0.15) is 16.0 Å². The monoisotopic (exact) mass is 416 g/mol. The van der Waals surface area contributed by atoms with Gasteiger partial charge in [0.05, 0.1) is 14.2 Å². The first-order valence-electron chi connectivity index (χ1n) is 6.35. The largest absolute Gasteiger partial charge is 0.493 e. The summed E-state index contributed by atoms with van der Waals surface area (Å²) in [5.41, 5.74) is 2.11. The SMILES string of the molecule is COc1ccc(CC(Br)c2ccc(F)cc2Br)cc1OC. The van der Waals surface area contributed by atoms with Crippen molar-refractivity contribution in [2.75, 3.05) is 14.2 Å². The molecule has 1 unspecified atom stereocenters. The number of rotatable bonds is 5. The van der Waals surface area contributed by atoms with E-state index >= 15 is 0 Å². The number of methoxy groups -OCH3 is 2. The summed E-state index contributed by atoms with van der Waals surface area (Å²) in [4.78, 5) is 0.0746. The van der Waals surface area contributed by atoms with Gasteiger partial charge in [-0.25, -0.2) is 4.39 Å². The van der Waals surface area contributed by atoms with Gasteiger partial charge in [0.25, 0.3) is 0 Å². The summed E-state index contributed by atoms with van der Waals surface area (Å²) in [6.45, 7) is 0. The summed E-state index contributed by atoms with van der Waals surface area (Å²) in [6.07, 6.45) is 0.755. The van der Waals surface area contributed by atoms with Crippen molar-refractivity contribution < 1.29 is 13.9 Å². The van der Waals surface area contributed by atoms with E-state index in [1.807, 2.05) is 18.2 Å². The number of hydrogen-bond donors (Lipinski definition) is 0. The van der Waals surface area contributed by atoms with Crippen molar-refractivity contribution in [3.8, 4) is 11.5 Å². The molecule has 0 bridgehead atoms. The highest BCUT2D eigenvalue weighted by Gasteiger charge is 2.14. The van der Waals surface area contributed by atoms with Crippen molar-refractivity contribution >= 4 is 31.9 Å². The second kappa shape index (κ2) is 7.27. The smallest absolute Gasteiger partial charge is 0.160 e. The molecule has 0 saturated carbocycles. The molecule has 2 aromatic rings. The molecule has 112 valence electrons. The van der Waals surface area contributed by atoms with Gasteiger partial charge in [-0.15, -0.1) is 0 Å². The van der Waals surface area contributed by atoms with Gasteiger partial charge in [0.15, 0.2) is 11.5 Å². The van der Waals surface area contributed by atoms with Crippen LogP contribution in [0.2, 0.25) is 0 Å². The van der Waals surface area contributed by atoms with E-state index in [2.05, 4.69) is 31.9 Å². The zero-order valence-electron chi connectivity index (χ0n) is 11.7. The average molecular weight is 418 g/mol. The molecule has 2 nitrogen and oxygen atoms in total. The number of ether oxygens (including phenoxy) is 2. The lowest BCUT2D eigenvalue weighted by Crippen LogP contribution is -1.98. The van der Waals surface area contributed by atoms with Crippen molar-refractivity contribution in [1.82, 2.24) is 0 Å². The predicted molar refractivity (Wildman–Crippen MR) is 89.0 cm³/mol. The third-order valence-corrected chi connectivity index (χ3v) is 4.67. The second-order valence-corrected chi connectivity index (χ2v) is 6.49. The van der Waals surface area contributed by atoms with Gasteiger partial charge in [0, 0.05) is 9.30 Å². The van der Waals surface area contributed by atoms with Crippen LogP contribution in [0.15, 0.2) is 40.9 Å². The summed E-state index contributed by atoms with van der Waals surface area (Å²) >= 11 is 7.05. The Balaban J connectivity index is 2.21. The van der Waals surface area contributed by atoms with E-state index in [-0.39, 0.29) is 10.6 Å². The molecule has 0 fully saturated rings. The second-order valence-electron chi connectivity index (χ2n) is 4.53. The minimum atomic E-state index is -0.253. The van der Waals surface area contributed by atoms with Crippen LogP contribution in [0.5, 0.6) is 11.5 Å². The Hall–Kier alpha value is -1.07. The van der Waals surface area contributed by atoms with Crippen molar-refractivity contribution in [2.24, 2.45) is 0 Å². The van der Waals surface area contributed by atoms with Crippen molar-refractivity contribution in [2.45, 2.75) is 11.2 Å². The molecule has 0 amide bonds. The lowest BCUT2D eigenvalue weighted by atomic mass is 10.0. The molecule has 0 N–H and O–H groups in total. The standard InChI is InChI=1S/C16H15Br2FO2/c1-20-15-6-3-10(8-16(15)21-2)7-13(17)12-5-4-11(19)9-14(12)18/h3-6,8-9,13H,7H2,1-2H3. The van der Waals surface area contributed by atoms with E-state index in [0.29, 0.717) is 11.5 Å². The van der Waals surface area contributed by atoms with Gasteiger partial charge in [0.2, 0.25) is 0 Å². The Bertz CT molecular complexity index is 632. The van der Waals surface area contributed by atoms with Gasteiger partial charge in [-0.3, -0.25) is 0 Å². The number of hydrogen-bond acceptors (Lipinski definition) is 2. The first-order chi connectivity index (χ1) is 10.0. The highest BCUT2D eigenvalue weighted by atomic mass is 79.9. The topological polar surface area (TPSA) is 18.5 Å². The van der Waals surface area contributed by atoms with Crippen LogP contribution in [0, 0.1) is 5.82 Å². The molecule has 0 aliphatic carbocycles. The summed E-state index contributed by atoms with van der Waals surface area (Å²) in [5, 5.41) is 0. The molecule has 0 saturated heterocycles. The van der Waals surface area contributed by atoms with E-state index in [0.717, 1.165) is 22.0 Å². The van der Waals surface area contributed by atoms with Crippen LogP contribution >= 0.6 is 31.9 Å². The van der Waals surface area contributed by atoms with Crippen LogP contribution in [0.3, 0.4) is 0 Å². The Morgan fingerprint density at radius 3 is 2.38 bits per heavy atom. The highest BCUT2D eigenvalue weighted by Crippen LogP contribution is 2.35. The minimum Gasteiger partial charge on any atom is -0.493 e. The van der Waals surface area contributed by atoms with Crippen LogP contribution in [0.25, 0.3) is 0 Å². The molecule has 0 aromatic heterocycles. The highest BCUT2D eigenvalue weighted by molar-refractivity contribution is 9.11. The molecule has 0 spiro atoms. The zero-order valence-corrected chi connectivity index (χ0v) is 14.9. The maximum absolute atomic E-state index is 13.1. The molecule has 1 atom stereocenters. The third kappa shape index (κ3) is 3.98. The number of halogens is 3. The predicted octanol–water partition coefficient (Wildman–Crippen LogP) is 5.28. The zero-order chi connectivity index (χ0) is 15.4. The molecule has 2 aromatic carbocycles. The number of benzene rings is 2. The van der Waals surface area contributed by atoms with Gasteiger partial charge in [-0.2, -0.15) is 0 Å². The fourth-order valence-electron chi connectivity index (χ4n) is 2.08. The van der Waals surface area contributed by atoms with E-state index < -0.39 is 0 Å². The molecule has 0 radical (unpaired) electrons. The minimum absolute atomic E-state index is 0.0746. The van der Waals surface area contributed by atoms with Crippen LogP contribution < -0.4 is 9.47 Å². The van der Waals surface area contributed by atoms with Gasteiger partial charge in [0.1, 0.15) is 5.82 Å².